The van der Waals surface area contributed by atoms with Crippen molar-refractivity contribution >= 4 is 93.4 Å². The lowest BCUT2D eigenvalue weighted by Gasteiger charge is -2.42. The summed E-state index contributed by atoms with van der Waals surface area (Å²) in [5.41, 5.74) is -2.06. The van der Waals surface area contributed by atoms with E-state index < -0.39 is 57.9 Å². The number of carbonyl (C=O) groups excluding carboxylic acids is 4. The van der Waals surface area contributed by atoms with Crippen molar-refractivity contribution in [1.82, 2.24) is 15.0 Å². The van der Waals surface area contributed by atoms with Gasteiger partial charge in [-0.3, -0.25) is 24.5 Å². The highest BCUT2D eigenvalue weighted by atomic mass is 35.5. The fourth-order valence-corrected chi connectivity index (χ4v) is 4.59. The minimum absolute atomic E-state index is 0.00289. The van der Waals surface area contributed by atoms with E-state index >= 15 is 0 Å². The number of benzene rings is 2. The molecule has 0 bridgehead atoms. The molecule has 1 N–H and O–H groups in total. The number of piperidine rings is 1. The third-order valence-corrected chi connectivity index (χ3v) is 6.83. The van der Waals surface area contributed by atoms with Crippen LogP contribution < -0.4 is 16.2 Å². The Labute approximate surface area is 229 Å². The number of imide groups is 1. The van der Waals surface area contributed by atoms with Gasteiger partial charge in [0.1, 0.15) is 29.6 Å². The van der Waals surface area contributed by atoms with E-state index in [0.717, 1.165) is 35.2 Å². The maximum absolute atomic E-state index is 15.0. The minimum atomic E-state index is -4.17. The summed E-state index contributed by atoms with van der Waals surface area (Å²) in [6.45, 7) is 0. The summed E-state index contributed by atoms with van der Waals surface area (Å²) in [7, 11) is 36.3. The van der Waals surface area contributed by atoms with Crippen LogP contribution in [0, 0.1) is 0 Å². The molecule has 2 aromatic carbocycles. The van der Waals surface area contributed by atoms with E-state index in [-0.39, 0.29) is 44.8 Å². The molecule has 2 heterocycles. The Morgan fingerprint density at radius 2 is 1.71 bits per heavy atom. The third-order valence-electron chi connectivity index (χ3n) is 6.58. The van der Waals surface area contributed by atoms with Gasteiger partial charge in [0, 0.05) is 28.5 Å². The van der Waals surface area contributed by atoms with Crippen LogP contribution in [0.2, 0.25) is 5.02 Å². The van der Waals surface area contributed by atoms with E-state index in [1.165, 1.54) is 0 Å². The van der Waals surface area contributed by atoms with Crippen LogP contribution in [0.1, 0.15) is 45.8 Å². The topological polar surface area (TPSA) is 86.8 Å². The molecule has 12 radical (unpaired) electrons. The summed E-state index contributed by atoms with van der Waals surface area (Å²) < 4.78 is 30.0. The van der Waals surface area contributed by atoms with Gasteiger partial charge >= 0.3 is 5.92 Å². The van der Waals surface area contributed by atoms with Crippen LogP contribution in [0.4, 0.5) is 8.78 Å². The number of amides is 4. The first-order valence-electron chi connectivity index (χ1n) is 11.1. The first-order chi connectivity index (χ1) is 17.6. The van der Waals surface area contributed by atoms with Crippen molar-refractivity contribution in [2.45, 2.75) is 36.1 Å². The standard InChI is InChI=1S/C22H12B6ClF2N3O4/c23-15-11(22(26,27)34(28)20(38)21(30,31)8-1-3-9(29)4-2-8)7-10-14(16(15)24)19(37)33(17(10)25)12-5-6-13(35)32-18(12)36/h1-4,7,12,17H,5-6H2,(H,32,35,36). The molecular weight excluding hydrogens is 509 g/mol. The van der Waals surface area contributed by atoms with Crippen molar-refractivity contribution in [3.63, 3.8) is 0 Å². The summed E-state index contributed by atoms with van der Waals surface area (Å²) in [4.78, 5) is 50.8. The predicted molar refractivity (Wildman–Crippen MR) is 139 cm³/mol. The number of carbonyl (C=O) groups is 4. The molecule has 0 aromatic heterocycles. The van der Waals surface area contributed by atoms with Crippen molar-refractivity contribution in [3.05, 3.63) is 57.6 Å². The summed E-state index contributed by atoms with van der Waals surface area (Å²) in [6, 6.07) is 4.18. The summed E-state index contributed by atoms with van der Waals surface area (Å²) >= 11 is 5.73. The molecule has 2 aliphatic rings. The van der Waals surface area contributed by atoms with E-state index in [9.17, 15) is 28.0 Å². The van der Waals surface area contributed by atoms with Crippen molar-refractivity contribution in [3.8, 4) is 0 Å². The maximum Gasteiger partial charge on any atom is 0.348 e. The lowest BCUT2D eigenvalue weighted by atomic mass is 9.52. The molecule has 2 atom stereocenters. The van der Waals surface area contributed by atoms with E-state index in [2.05, 4.69) is 5.32 Å². The van der Waals surface area contributed by atoms with E-state index in [1.807, 2.05) is 0 Å². The minimum Gasteiger partial charge on any atom is -0.398 e. The molecule has 0 saturated carbocycles. The maximum atomic E-state index is 15.0. The molecule has 7 nitrogen and oxygen atoms in total. The van der Waals surface area contributed by atoms with Gasteiger partial charge in [0.05, 0.1) is 15.7 Å². The highest BCUT2D eigenvalue weighted by molar-refractivity contribution is 6.54. The highest BCUT2D eigenvalue weighted by Gasteiger charge is 2.48. The van der Waals surface area contributed by atoms with Crippen LogP contribution in [0.3, 0.4) is 0 Å². The average molecular weight is 521 g/mol. The fraction of sp³-hybridized carbons (Fsp3) is 0.273. The monoisotopic (exact) mass is 521 g/mol. The molecule has 0 spiro atoms. The number of hydrogen-bond acceptors (Lipinski definition) is 4. The van der Waals surface area contributed by atoms with Crippen LogP contribution in [0.15, 0.2) is 30.3 Å². The zero-order valence-electron chi connectivity index (χ0n) is 19.6. The van der Waals surface area contributed by atoms with E-state index in [0.29, 0.717) is 0 Å². The van der Waals surface area contributed by atoms with Gasteiger partial charge in [-0.25, -0.2) is 0 Å². The van der Waals surface area contributed by atoms with Gasteiger partial charge < -0.3 is 9.71 Å². The number of fused-ring (bicyclic) bond motifs is 1. The fourth-order valence-electron chi connectivity index (χ4n) is 4.46. The highest BCUT2D eigenvalue weighted by Crippen LogP contribution is 2.37. The van der Waals surface area contributed by atoms with Gasteiger partial charge in [0.25, 0.3) is 11.8 Å². The Balaban J connectivity index is 1.72. The zero-order valence-corrected chi connectivity index (χ0v) is 20.3. The molecule has 178 valence electrons. The molecule has 38 heavy (non-hydrogen) atoms. The second-order valence-electron chi connectivity index (χ2n) is 8.92. The van der Waals surface area contributed by atoms with Crippen molar-refractivity contribution in [1.29, 1.82) is 0 Å². The van der Waals surface area contributed by atoms with Gasteiger partial charge in [0.15, 0.2) is 0 Å². The molecule has 0 aliphatic carbocycles. The Morgan fingerprint density at radius 3 is 2.29 bits per heavy atom. The summed E-state index contributed by atoms with van der Waals surface area (Å²) in [5.74, 6) is -9.43. The smallest absolute Gasteiger partial charge is 0.348 e. The van der Waals surface area contributed by atoms with Crippen LogP contribution in [0.5, 0.6) is 0 Å². The second kappa shape index (κ2) is 9.67. The van der Waals surface area contributed by atoms with Gasteiger partial charge in [-0.2, -0.15) is 8.78 Å². The first-order valence-corrected chi connectivity index (χ1v) is 11.4. The predicted octanol–water partition coefficient (Wildman–Crippen LogP) is -1.49. The average Bonchev–Trinajstić information content (AvgIpc) is 3.10. The quantitative estimate of drug-likeness (QED) is 0.385. The zero-order chi connectivity index (χ0) is 28.3. The Morgan fingerprint density at radius 1 is 1.11 bits per heavy atom. The number of alkyl halides is 2. The molecule has 4 amide bonds. The van der Waals surface area contributed by atoms with Gasteiger partial charge in [-0.1, -0.05) is 40.7 Å². The van der Waals surface area contributed by atoms with Gasteiger partial charge in [-0.05, 0) is 35.0 Å². The molecule has 2 aliphatic heterocycles. The molecular formula is C22H12B6ClF2N3O4. The Kier molecular flexibility index (Phi) is 7.14. The van der Waals surface area contributed by atoms with Crippen LogP contribution in [-0.2, 0) is 25.6 Å². The number of nitrogens with one attached hydrogen (secondary N) is 1. The van der Waals surface area contributed by atoms with E-state index in [1.54, 1.807) is 0 Å². The number of hydrogen-bond donors (Lipinski definition) is 1. The summed E-state index contributed by atoms with van der Waals surface area (Å²) in [5, 5.41) is -0.371. The van der Waals surface area contributed by atoms with Crippen molar-refractivity contribution in [2.75, 3.05) is 0 Å². The lowest BCUT2D eigenvalue weighted by Crippen LogP contribution is -2.56. The molecule has 2 unspecified atom stereocenters. The normalized spacial score (nSPS) is 19.8. The Hall–Kier alpha value is -2.94. The van der Waals surface area contributed by atoms with Gasteiger partial charge in [0.2, 0.25) is 19.8 Å². The van der Waals surface area contributed by atoms with Crippen LogP contribution in [-0.4, -0.2) is 86.6 Å². The Bertz CT molecular complexity index is 1380. The third kappa shape index (κ3) is 4.38. The first kappa shape index (κ1) is 28.1. The lowest BCUT2D eigenvalue weighted by molar-refractivity contribution is -0.155. The molecule has 1 saturated heterocycles. The number of rotatable bonds is 5. The van der Waals surface area contributed by atoms with Crippen molar-refractivity contribution < 1.29 is 28.0 Å². The second-order valence-corrected chi connectivity index (χ2v) is 9.36. The molecule has 2 aromatic rings. The number of nitrogens with zero attached hydrogens (tertiary/aromatic N) is 2. The van der Waals surface area contributed by atoms with Crippen molar-refractivity contribution in [2.24, 2.45) is 0 Å². The molecule has 4 rings (SSSR count). The largest absolute Gasteiger partial charge is 0.398 e. The van der Waals surface area contributed by atoms with E-state index in [4.69, 9.17) is 58.8 Å². The van der Waals surface area contributed by atoms with Crippen LogP contribution in [0.25, 0.3) is 0 Å². The molecule has 16 heteroatoms. The van der Waals surface area contributed by atoms with Crippen LogP contribution >= 0.6 is 11.6 Å². The molecule has 1 fully saturated rings. The number of halogens is 3. The summed E-state index contributed by atoms with van der Waals surface area (Å²) in [6.07, 6.45) is -0.0319. The SMILES string of the molecule is [B]c1c(C([B])([B])N([B])C(=O)C(F)(F)c2ccc(Cl)cc2)cc2c(c1[B])C(=O)N(C1CCC(=O)NC1=O)C2[B]. The van der Waals surface area contributed by atoms with Gasteiger partial charge in [-0.15, -0.1) is 0 Å².